The molecule has 2 aromatic carbocycles. The van der Waals surface area contributed by atoms with Crippen LogP contribution in [0.5, 0.6) is 0 Å². The molecule has 3 rings (SSSR count). The van der Waals surface area contributed by atoms with Crippen LogP contribution in [0.3, 0.4) is 0 Å². The molecule has 3 aromatic rings. The van der Waals surface area contributed by atoms with Gasteiger partial charge in [-0.25, -0.2) is 14.4 Å². The van der Waals surface area contributed by atoms with E-state index in [2.05, 4.69) is 15.3 Å². The number of anilines is 1. The summed E-state index contributed by atoms with van der Waals surface area (Å²) >= 11 is 7.21. The first-order valence-electron chi connectivity index (χ1n) is 8.26. The molecule has 0 saturated carbocycles. The topological polar surface area (TPSA) is 54.9 Å². The number of benzene rings is 2. The van der Waals surface area contributed by atoms with Crippen molar-refractivity contribution in [1.82, 2.24) is 9.97 Å². The first-order chi connectivity index (χ1) is 12.9. The second-order valence-electron chi connectivity index (χ2n) is 5.92. The van der Waals surface area contributed by atoms with E-state index in [0.29, 0.717) is 10.8 Å². The minimum atomic E-state index is -0.462. The van der Waals surface area contributed by atoms with Gasteiger partial charge in [0.05, 0.1) is 21.7 Å². The van der Waals surface area contributed by atoms with Crippen LogP contribution in [0, 0.1) is 12.7 Å². The first-order valence-corrected chi connectivity index (χ1v) is 9.52. The fourth-order valence-electron chi connectivity index (χ4n) is 2.39. The molecule has 0 fully saturated rings. The van der Waals surface area contributed by atoms with Gasteiger partial charge in [-0.2, -0.15) is 0 Å². The van der Waals surface area contributed by atoms with Crippen molar-refractivity contribution in [1.29, 1.82) is 0 Å². The molecule has 0 radical (unpaired) electrons. The van der Waals surface area contributed by atoms with Crippen molar-refractivity contribution < 1.29 is 9.18 Å². The number of aryl methyl sites for hydroxylation is 1. The van der Waals surface area contributed by atoms with E-state index in [0.717, 1.165) is 23.0 Å². The van der Waals surface area contributed by atoms with Gasteiger partial charge in [0.1, 0.15) is 5.82 Å². The normalized spacial score (nSPS) is 11.9. The number of thioether (sulfide) groups is 1. The fourth-order valence-corrected chi connectivity index (χ4v) is 3.43. The third-order valence-electron chi connectivity index (χ3n) is 3.74. The molecule has 0 aliphatic heterocycles. The number of aromatic nitrogens is 2. The smallest absolute Gasteiger partial charge is 0.237 e. The quantitative estimate of drug-likeness (QED) is 0.461. The number of carbonyl (C=O) groups is 1. The van der Waals surface area contributed by atoms with Gasteiger partial charge in [-0.3, -0.25) is 4.79 Å². The average molecular weight is 402 g/mol. The van der Waals surface area contributed by atoms with Crippen LogP contribution in [-0.2, 0) is 4.79 Å². The van der Waals surface area contributed by atoms with Crippen molar-refractivity contribution >= 4 is 35.0 Å². The molecular weight excluding hydrogens is 385 g/mol. The maximum absolute atomic E-state index is 13.1. The summed E-state index contributed by atoms with van der Waals surface area (Å²) in [5.41, 5.74) is 2.98. The van der Waals surface area contributed by atoms with Crippen LogP contribution in [0.15, 0.2) is 59.8 Å². The van der Waals surface area contributed by atoms with Gasteiger partial charge in [0.2, 0.25) is 5.91 Å². The maximum Gasteiger partial charge on any atom is 0.237 e. The van der Waals surface area contributed by atoms with E-state index in [1.807, 2.05) is 43.3 Å². The van der Waals surface area contributed by atoms with Crippen molar-refractivity contribution in [3.05, 3.63) is 71.1 Å². The summed E-state index contributed by atoms with van der Waals surface area (Å²) in [5, 5.41) is 2.91. The summed E-state index contributed by atoms with van der Waals surface area (Å²) in [7, 11) is 0. The lowest BCUT2D eigenvalue weighted by atomic mass is 10.1. The number of hydrogen-bond acceptors (Lipinski definition) is 4. The molecule has 0 spiro atoms. The SMILES string of the molecule is Cc1cc(-c2ccccc2)nc(S[C@H](C)C(=O)Nc2ccc(F)cc2Cl)n1. The number of nitrogens with one attached hydrogen (secondary N) is 1. The van der Waals surface area contributed by atoms with Gasteiger partial charge in [-0.15, -0.1) is 0 Å². The molecule has 27 heavy (non-hydrogen) atoms. The second kappa shape index (κ2) is 8.50. The van der Waals surface area contributed by atoms with Crippen molar-refractivity contribution in [3.8, 4) is 11.3 Å². The number of nitrogens with zero attached hydrogens (tertiary/aromatic N) is 2. The predicted molar refractivity (Wildman–Crippen MR) is 108 cm³/mol. The molecule has 0 bridgehead atoms. The number of halogens is 2. The van der Waals surface area contributed by atoms with Crippen LogP contribution < -0.4 is 5.32 Å². The Bertz CT molecular complexity index is 969. The van der Waals surface area contributed by atoms with Crippen LogP contribution in [0.2, 0.25) is 5.02 Å². The molecule has 0 unspecified atom stereocenters. The second-order valence-corrected chi connectivity index (χ2v) is 7.63. The fraction of sp³-hybridized carbons (Fsp3) is 0.150. The number of rotatable bonds is 5. The molecule has 0 aliphatic carbocycles. The summed E-state index contributed by atoms with van der Waals surface area (Å²) in [6.07, 6.45) is 0. The van der Waals surface area contributed by atoms with E-state index >= 15 is 0 Å². The minimum Gasteiger partial charge on any atom is -0.324 e. The van der Waals surface area contributed by atoms with Gasteiger partial charge in [0, 0.05) is 11.3 Å². The highest BCUT2D eigenvalue weighted by Crippen LogP contribution is 2.27. The number of carbonyl (C=O) groups excluding carboxylic acids is 1. The molecule has 1 N–H and O–H groups in total. The Morgan fingerprint density at radius 2 is 1.89 bits per heavy atom. The monoisotopic (exact) mass is 401 g/mol. The Kier molecular flexibility index (Phi) is 6.08. The lowest BCUT2D eigenvalue weighted by Crippen LogP contribution is -2.23. The molecule has 1 atom stereocenters. The number of hydrogen-bond donors (Lipinski definition) is 1. The highest BCUT2D eigenvalue weighted by atomic mass is 35.5. The van der Waals surface area contributed by atoms with Gasteiger partial charge >= 0.3 is 0 Å². The van der Waals surface area contributed by atoms with Crippen LogP contribution >= 0.6 is 23.4 Å². The Balaban J connectivity index is 1.74. The highest BCUT2D eigenvalue weighted by Gasteiger charge is 2.18. The van der Waals surface area contributed by atoms with Crippen molar-refractivity contribution in [2.24, 2.45) is 0 Å². The van der Waals surface area contributed by atoms with Gasteiger partial charge in [-0.05, 0) is 38.1 Å². The van der Waals surface area contributed by atoms with Crippen molar-refractivity contribution in [3.63, 3.8) is 0 Å². The van der Waals surface area contributed by atoms with Gasteiger partial charge in [0.15, 0.2) is 5.16 Å². The van der Waals surface area contributed by atoms with Gasteiger partial charge in [-0.1, -0.05) is 53.7 Å². The lowest BCUT2D eigenvalue weighted by molar-refractivity contribution is -0.115. The largest absolute Gasteiger partial charge is 0.324 e. The first kappa shape index (κ1) is 19.3. The molecule has 0 aliphatic rings. The predicted octanol–water partition coefficient (Wildman–Crippen LogP) is 5.36. The maximum atomic E-state index is 13.1. The van der Waals surface area contributed by atoms with Gasteiger partial charge in [0.25, 0.3) is 0 Å². The van der Waals surface area contributed by atoms with E-state index in [4.69, 9.17) is 11.6 Å². The highest BCUT2D eigenvalue weighted by molar-refractivity contribution is 8.00. The molecule has 1 heterocycles. The summed E-state index contributed by atoms with van der Waals surface area (Å²) in [4.78, 5) is 21.4. The molecule has 7 heteroatoms. The van der Waals surface area contributed by atoms with Crippen molar-refractivity contribution in [2.75, 3.05) is 5.32 Å². The third-order valence-corrected chi connectivity index (χ3v) is 5.02. The summed E-state index contributed by atoms with van der Waals surface area (Å²) < 4.78 is 13.1. The van der Waals surface area contributed by atoms with E-state index in [1.165, 1.54) is 23.9 Å². The van der Waals surface area contributed by atoms with E-state index in [1.54, 1.807) is 6.92 Å². The Labute approximate surface area is 166 Å². The standard InChI is InChI=1S/C20H17ClFN3OS/c1-12-10-18(14-6-4-3-5-7-14)25-20(23-12)27-13(2)19(26)24-17-9-8-15(22)11-16(17)21/h3-11,13H,1-2H3,(H,24,26)/t13-/m1/s1. The Morgan fingerprint density at radius 1 is 1.15 bits per heavy atom. The van der Waals surface area contributed by atoms with E-state index in [9.17, 15) is 9.18 Å². The minimum absolute atomic E-state index is 0.152. The molecule has 4 nitrogen and oxygen atoms in total. The van der Waals surface area contributed by atoms with Crippen LogP contribution in [0.25, 0.3) is 11.3 Å². The zero-order chi connectivity index (χ0) is 19.4. The molecule has 1 aromatic heterocycles. The average Bonchev–Trinajstić information content (AvgIpc) is 2.64. The summed E-state index contributed by atoms with van der Waals surface area (Å²) in [6.45, 7) is 3.65. The van der Waals surface area contributed by atoms with Crippen molar-refractivity contribution in [2.45, 2.75) is 24.3 Å². The molecule has 138 valence electrons. The third kappa shape index (κ3) is 5.05. The van der Waals surface area contributed by atoms with E-state index < -0.39 is 11.1 Å². The van der Waals surface area contributed by atoms with E-state index in [-0.39, 0.29) is 10.9 Å². The summed E-state index contributed by atoms with van der Waals surface area (Å²) in [6, 6.07) is 15.5. The molecule has 0 saturated heterocycles. The van der Waals surface area contributed by atoms with Crippen LogP contribution in [-0.4, -0.2) is 21.1 Å². The zero-order valence-corrected chi connectivity index (χ0v) is 16.3. The zero-order valence-electron chi connectivity index (χ0n) is 14.7. The molecule has 1 amide bonds. The van der Waals surface area contributed by atoms with Crippen LogP contribution in [0.4, 0.5) is 10.1 Å². The Hall–Kier alpha value is -2.44. The molecular formula is C20H17ClFN3OS. The lowest BCUT2D eigenvalue weighted by Gasteiger charge is -2.13. The number of amides is 1. The van der Waals surface area contributed by atoms with Gasteiger partial charge < -0.3 is 5.32 Å². The van der Waals surface area contributed by atoms with Crippen LogP contribution in [0.1, 0.15) is 12.6 Å². The Morgan fingerprint density at radius 3 is 2.59 bits per heavy atom. The summed E-state index contributed by atoms with van der Waals surface area (Å²) in [5.74, 6) is -0.720.